The normalized spacial score (nSPS) is 10.8. The van der Waals surface area contributed by atoms with Crippen molar-refractivity contribution in [2.75, 3.05) is 11.9 Å². The molecule has 2 heterocycles. The van der Waals surface area contributed by atoms with Crippen LogP contribution in [0.15, 0.2) is 29.2 Å². The van der Waals surface area contributed by atoms with Crippen LogP contribution in [0, 0.1) is 0 Å². The molecule has 0 atom stereocenters. The van der Waals surface area contributed by atoms with Crippen molar-refractivity contribution in [3.63, 3.8) is 0 Å². The van der Waals surface area contributed by atoms with Gasteiger partial charge in [-0.15, -0.1) is 0 Å². The Morgan fingerprint density at radius 1 is 1.50 bits per heavy atom. The molecule has 6 nitrogen and oxygen atoms in total. The third-order valence-corrected chi connectivity index (χ3v) is 2.92. The molecule has 0 aliphatic rings. The minimum absolute atomic E-state index is 0.0229. The van der Waals surface area contributed by atoms with Crippen molar-refractivity contribution >= 4 is 11.7 Å². The van der Waals surface area contributed by atoms with Crippen molar-refractivity contribution in [1.82, 2.24) is 9.97 Å². The fourth-order valence-corrected chi connectivity index (χ4v) is 1.85. The summed E-state index contributed by atoms with van der Waals surface area (Å²) in [4.78, 5) is 21.5. The lowest BCUT2D eigenvalue weighted by Crippen LogP contribution is -2.21. The molecule has 0 fully saturated rings. The van der Waals surface area contributed by atoms with Crippen LogP contribution in [0.5, 0.6) is 0 Å². The van der Waals surface area contributed by atoms with Crippen LogP contribution in [0.3, 0.4) is 0 Å². The molecule has 0 amide bonds. The lowest BCUT2D eigenvalue weighted by molar-refractivity contribution is 0.0690. The molecule has 0 aliphatic heterocycles. The molecule has 0 saturated carbocycles. The van der Waals surface area contributed by atoms with Gasteiger partial charge in [-0.3, -0.25) is 0 Å². The van der Waals surface area contributed by atoms with Crippen LogP contribution < -0.4 is 4.90 Å². The van der Waals surface area contributed by atoms with Gasteiger partial charge < -0.3 is 14.4 Å². The Balaban J connectivity index is 2.32. The number of nitrogens with zero attached hydrogens (tertiary/aromatic N) is 3. The molecule has 2 aromatic heterocycles. The average molecular weight is 275 g/mol. The topological polar surface area (TPSA) is 79.5 Å². The van der Waals surface area contributed by atoms with Gasteiger partial charge in [-0.2, -0.15) is 0 Å². The van der Waals surface area contributed by atoms with Crippen LogP contribution in [-0.4, -0.2) is 28.1 Å². The second-order valence-electron chi connectivity index (χ2n) is 4.91. The fourth-order valence-electron chi connectivity index (χ4n) is 1.85. The SMILES string of the molecule is CC(C)c1ncc(N(C)Cc2ccoc2)c(C(=O)O)n1. The second-order valence-corrected chi connectivity index (χ2v) is 4.91. The number of aromatic carboxylic acids is 1. The Labute approximate surface area is 117 Å². The maximum absolute atomic E-state index is 11.4. The first-order valence-corrected chi connectivity index (χ1v) is 6.31. The summed E-state index contributed by atoms with van der Waals surface area (Å²) in [7, 11) is 1.80. The van der Waals surface area contributed by atoms with Crippen LogP contribution in [0.1, 0.15) is 41.6 Å². The fraction of sp³-hybridized carbons (Fsp3) is 0.357. The number of anilines is 1. The standard InChI is InChI=1S/C14H17N3O3/c1-9(2)13-15-6-11(12(16-13)14(18)19)17(3)7-10-4-5-20-8-10/h4-6,8-9H,7H2,1-3H3,(H,18,19). The summed E-state index contributed by atoms with van der Waals surface area (Å²) in [6.07, 6.45) is 4.77. The third kappa shape index (κ3) is 2.96. The van der Waals surface area contributed by atoms with E-state index in [1.165, 1.54) is 0 Å². The maximum Gasteiger partial charge on any atom is 0.356 e. The molecule has 0 saturated heterocycles. The van der Waals surface area contributed by atoms with Crippen molar-refractivity contribution < 1.29 is 14.3 Å². The summed E-state index contributed by atoms with van der Waals surface area (Å²) in [5, 5.41) is 9.31. The van der Waals surface area contributed by atoms with Crippen LogP contribution in [0.25, 0.3) is 0 Å². The molecule has 2 aromatic rings. The van der Waals surface area contributed by atoms with E-state index in [1.807, 2.05) is 19.9 Å². The van der Waals surface area contributed by atoms with E-state index >= 15 is 0 Å². The Bertz CT molecular complexity index is 594. The zero-order valence-corrected chi connectivity index (χ0v) is 11.7. The first-order chi connectivity index (χ1) is 9.49. The van der Waals surface area contributed by atoms with Gasteiger partial charge in [0.05, 0.1) is 24.4 Å². The van der Waals surface area contributed by atoms with Crippen molar-refractivity contribution in [2.45, 2.75) is 26.3 Å². The Morgan fingerprint density at radius 2 is 2.25 bits per heavy atom. The van der Waals surface area contributed by atoms with Gasteiger partial charge in [-0.05, 0) is 6.07 Å². The quantitative estimate of drug-likeness (QED) is 0.903. The van der Waals surface area contributed by atoms with Gasteiger partial charge in [0.2, 0.25) is 0 Å². The summed E-state index contributed by atoms with van der Waals surface area (Å²) in [5.74, 6) is -0.437. The molecule has 20 heavy (non-hydrogen) atoms. The summed E-state index contributed by atoms with van der Waals surface area (Å²) in [5.41, 5.74) is 1.47. The molecular formula is C14H17N3O3. The van der Waals surface area contributed by atoms with Gasteiger partial charge >= 0.3 is 5.97 Å². The molecule has 106 valence electrons. The molecule has 0 bridgehead atoms. The number of hydrogen-bond acceptors (Lipinski definition) is 5. The Morgan fingerprint density at radius 3 is 2.80 bits per heavy atom. The number of carboxylic acids is 1. The second kappa shape index (κ2) is 5.73. The number of aromatic nitrogens is 2. The summed E-state index contributed by atoms with van der Waals surface area (Å²) in [6, 6.07) is 1.83. The minimum Gasteiger partial charge on any atom is -0.476 e. The molecule has 0 aromatic carbocycles. The lowest BCUT2D eigenvalue weighted by atomic mass is 10.2. The van der Waals surface area contributed by atoms with Gasteiger partial charge in [-0.25, -0.2) is 14.8 Å². The van der Waals surface area contributed by atoms with E-state index in [0.29, 0.717) is 18.1 Å². The highest BCUT2D eigenvalue weighted by Crippen LogP contribution is 2.21. The van der Waals surface area contributed by atoms with Gasteiger partial charge in [0.25, 0.3) is 0 Å². The van der Waals surface area contributed by atoms with Crippen molar-refractivity contribution in [2.24, 2.45) is 0 Å². The maximum atomic E-state index is 11.4. The summed E-state index contributed by atoms with van der Waals surface area (Å²) < 4.78 is 5.01. The van der Waals surface area contributed by atoms with Crippen LogP contribution in [0.4, 0.5) is 5.69 Å². The molecule has 0 radical (unpaired) electrons. The molecule has 0 aliphatic carbocycles. The number of furan rings is 1. The number of hydrogen-bond donors (Lipinski definition) is 1. The Hall–Kier alpha value is -2.37. The van der Waals surface area contributed by atoms with Gasteiger partial charge in [0, 0.05) is 25.1 Å². The first kappa shape index (κ1) is 14.0. The van der Waals surface area contributed by atoms with Crippen LogP contribution in [0.2, 0.25) is 0 Å². The predicted molar refractivity (Wildman–Crippen MR) is 73.9 cm³/mol. The van der Waals surface area contributed by atoms with Crippen molar-refractivity contribution in [1.29, 1.82) is 0 Å². The third-order valence-electron chi connectivity index (χ3n) is 2.92. The summed E-state index contributed by atoms with van der Waals surface area (Å²) in [6.45, 7) is 4.38. The van der Waals surface area contributed by atoms with E-state index < -0.39 is 5.97 Å². The molecule has 2 rings (SSSR count). The predicted octanol–water partition coefficient (Wildman–Crippen LogP) is 2.53. The monoisotopic (exact) mass is 275 g/mol. The number of carboxylic acid groups (broad SMARTS) is 1. The van der Waals surface area contributed by atoms with E-state index in [1.54, 1.807) is 30.7 Å². The Kier molecular flexibility index (Phi) is 4.02. The zero-order valence-electron chi connectivity index (χ0n) is 11.7. The molecular weight excluding hydrogens is 258 g/mol. The van der Waals surface area contributed by atoms with E-state index in [4.69, 9.17) is 4.42 Å². The van der Waals surface area contributed by atoms with E-state index in [2.05, 4.69) is 9.97 Å². The molecule has 0 unspecified atom stereocenters. The zero-order chi connectivity index (χ0) is 14.7. The van der Waals surface area contributed by atoms with E-state index in [-0.39, 0.29) is 11.6 Å². The van der Waals surface area contributed by atoms with Crippen LogP contribution in [-0.2, 0) is 6.54 Å². The van der Waals surface area contributed by atoms with Crippen molar-refractivity contribution in [3.8, 4) is 0 Å². The van der Waals surface area contributed by atoms with Gasteiger partial charge in [-0.1, -0.05) is 13.8 Å². The van der Waals surface area contributed by atoms with Gasteiger partial charge in [0.15, 0.2) is 5.69 Å². The number of carbonyl (C=O) groups is 1. The highest BCUT2D eigenvalue weighted by molar-refractivity contribution is 5.91. The van der Waals surface area contributed by atoms with Crippen molar-refractivity contribution in [3.05, 3.63) is 41.9 Å². The van der Waals surface area contributed by atoms with Gasteiger partial charge in [0.1, 0.15) is 5.82 Å². The summed E-state index contributed by atoms with van der Waals surface area (Å²) >= 11 is 0. The van der Waals surface area contributed by atoms with E-state index in [0.717, 1.165) is 5.56 Å². The number of rotatable bonds is 5. The smallest absolute Gasteiger partial charge is 0.356 e. The van der Waals surface area contributed by atoms with Crippen LogP contribution >= 0.6 is 0 Å². The minimum atomic E-state index is -1.05. The molecule has 0 spiro atoms. The first-order valence-electron chi connectivity index (χ1n) is 6.31. The largest absolute Gasteiger partial charge is 0.476 e. The lowest BCUT2D eigenvalue weighted by Gasteiger charge is -2.20. The molecule has 6 heteroatoms. The highest BCUT2D eigenvalue weighted by Gasteiger charge is 2.18. The van der Waals surface area contributed by atoms with E-state index in [9.17, 15) is 9.90 Å². The molecule has 1 N–H and O–H groups in total. The average Bonchev–Trinajstić information content (AvgIpc) is 2.90. The highest BCUT2D eigenvalue weighted by atomic mass is 16.4.